The lowest BCUT2D eigenvalue weighted by molar-refractivity contribution is -0.632. The number of rotatable bonds is 2. The zero-order valence-corrected chi connectivity index (χ0v) is 7.16. The maximum atomic E-state index is 10.7. The van der Waals surface area contributed by atoms with Gasteiger partial charge in [-0.1, -0.05) is 6.07 Å². The van der Waals surface area contributed by atoms with E-state index in [2.05, 4.69) is 10.7 Å². The summed E-state index contributed by atoms with van der Waals surface area (Å²) in [6, 6.07) is 5.55. The molecule has 12 heavy (non-hydrogen) atoms. The summed E-state index contributed by atoms with van der Waals surface area (Å²) in [5, 5.41) is 2.69. The minimum Gasteiger partial charge on any atom is -0.259 e. The summed E-state index contributed by atoms with van der Waals surface area (Å²) in [4.78, 5) is 10.7. The minimum absolute atomic E-state index is 0.0785. The molecule has 0 saturated carbocycles. The van der Waals surface area contributed by atoms with Crippen molar-refractivity contribution < 1.29 is 9.47 Å². The minimum atomic E-state index is -0.0785. The Bertz CT molecular complexity index is 285. The number of anilines is 1. The lowest BCUT2D eigenvalue weighted by Gasteiger charge is -2.01. The summed E-state index contributed by atoms with van der Waals surface area (Å²) in [5.74, 6) is 0.651. The molecule has 1 aromatic rings. The number of hydrogen-bond acceptors (Lipinski definition) is 2. The Kier molecular flexibility index (Phi) is 2.63. The largest absolute Gasteiger partial charge is 0.305 e. The van der Waals surface area contributed by atoms with E-state index in [-0.39, 0.29) is 5.91 Å². The van der Waals surface area contributed by atoms with Crippen molar-refractivity contribution in [3.63, 3.8) is 0 Å². The van der Waals surface area contributed by atoms with Gasteiger partial charge in [-0.3, -0.25) is 5.43 Å². The van der Waals surface area contributed by atoms with Gasteiger partial charge in [-0.2, -0.15) is 0 Å². The first kappa shape index (κ1) is 8.52. The van der Waals surface area contributed by atoms with E-state index in [0.717, 1.165) is 5.82 Å². The van der Waals surface area contributed by atoms with E-state index < -0.39 is 0 Å². The molecule has 0 spiro atoms. The fourth-order valence-electron chi connectivity index (χ4n) is 0.920. The maximum absolute atomic E-state index is 10.7. The van der Waals surface area contributed by atoms with Crippen LogP contribution in [0.4, 0.5) is 5.82 Å². The van der Waals surface area contributed by atoms with E-state index in [4.69, 9.17) is 0 Å². The number of nitrogens with one attached hydrogen (secondary N) is 2. The molecular weight excluding hydrogens is 154 g/mol. The van der Waals surface area contributed by atoms with Crippen molar-refractivity contribution in [2.75, 3.05) is 17.8 Å². The van der Waals surface area contributed by atoms with E-state index >= 15 is 0 Å². The van der Waals surface area contributed by atoms with Gasteiger partial charge in [0.15, 0.2) is 0 Å². The first-order chi connectivity index (χ1) is 5.74. The molecule has 4 nitrogen and oxygen atoms in total. The van der Waals surface area contributed by atoms with Gasteiger partial charge >= 0.3 is 11.7 Å². The summed E-state index contributed by atoms with van der Waals surface area (Å²) >= 11 is 0. The first-order valence-electron chi connectivity index (χ1n) is 3.70. The number of hydrogen-bond donors (Lipinski definition) is 2. The topological polar surface area (TPSA) is 45.0 Å². The van der Waals surface area contributed by atoms with Gasteiger partial charge in [0.25, 0.3) is 0 Å². The maximum Gasteiger partial charge on any atom is 0.305 e. The second-order valence-corrected chi connectivity index (χ2v) is 2.36. The molecule has 0 unspecified atom stereocenters. The lowest BCUT2D eigenvalue weighted by Crippen LogP contribution is -2.45. The fourth-order valence-corrected chi connectivity index (χ4v) is 0.920. The zero-order chi connectivity index (χ0) is 8.97. The molecule has 1 heterocycles. The molecule has 4 heteroatoms. The Morgan fingerprint density at radius 2 is 2.25 bits per heavy atom. The van der Waals surface area contributed by atoms with Crippen LogP contribution in [0, 0.1) is 0 Å². The van der Waals surface area contributed by atoms with Crippen molar-refractivity contribution in [2.45, 2.75) is 6.92 Å². The number of pyridine rings is 1. The van der Waals surface area contributed by atoms with Crippen molar-refractivity contribution in [3.8, 4) is 0 Å². The van der Waals surface area contributed by atoms with Crippen molar-refractivity contribution in [3.05, 3.63) is 24.4 Å². The van der Waals surface area contributed by atoms with Crippen molar-refractivity contribution in [1.82, 2.24) is 0 Å². The van der Waals surface area contributed by atoms with Crippen molar-refractivity contribution in [1.29, 1.82) is 0 Å². The molecule has 0 aliphatic rings. The van der Waals surface area contributed by atoms with Gasteiger partial charge in [0, 0.05) is 20.0 Å². The van der Waals surface area contributed by atoms with E-state index in [1.54, 1.807) is 11.7 Å². The molecular formula is C8H12N3O+. The van der Waals surface area contributed by atoms with Gasteiger partial charge in [-0.15, -0.1) is 4.68 Å². The number of carbonyl (C=O) groups excluding carboxylic acids is 1. The second-order valence-electron chi connectivity index (χ2n) is 2.36. The lowest BCUT2D eigenvalue weighted by atomic mass is 10.4. The van der Waals surface area contributed by atoms with Gasteiger partial charge in [0.05, 0.1) is 0 Å². The van der Waals surface area contributed by atoms with Crippen LogP contribution in [-0.4, -0.2) is 13.0 Å². The van der Waals surface area contributed by atoms with E-state index in [1.165, 1.54) is 6.92 Å². The van der Waals surface area contributed by atoms with Gasteiger partial charge in [0.2, 0.25) is 0 Å². The highest BCUT2D eigenvalue weighted by atomic mass is 16.1. The van der Waals surface area contributed by atoms with Crippen LogP contribution in [0.2, 0.25) is 0 Å². The number of carbonyl (C=O) groups is 1. The van der Waals surface area contributed by atoms with Crippen LogP contribution >= 0.6 is 0 Å². The summed E-state index contributed by atoms with van der Waals surface area (Å²) in [5.41, 5.74) is 2.90. The normalized spacial score (nSPS) is 9.17. The fraction of sp³-hybridized carbons (Fsp3) is 0.250. The van der Waals surface area contributed by atoms with Crippen molar-refractivity contribution in [2.24, 2.45) is 0 Å². The Morgan fingerprint density at radius 1 is 1.50 bits per heavy atom. The van der Waals surface area contributed by atoms with Crippen LogP contribution < -0.4 is 15.4 Å². The summed E-state index contributed by atoms with van der Waals surface area (Å²) in [6.45, 7) is 1.48. The van der Waals surface area contributed by atoms with E-state index in [0.29, 0.717) is 0 Å². The predicted molar refractivity (Wildman–Crippen MR) is 46.2 cm³/mol. The highest BCUT2D eigenvalue weighted by molar-refractivity contribution is 5.86. The second kappa shape index (κ2) is 3.71. The molecule has 0 bridgehead atoms. The highest BCUT2D eigenvalue weighted by Gasteiger charge is 2.07. The van der Waals surface area contributed by atoms with Crippen LogP contribution in [0.15, 0.2) is 24.4 Å². The molecule has 0 aromatic carbocycles. The van der Waals surface area contributed by atoms with E-state index in [9.17, 15) is 4.79 Å². The Morgan fingerprint density at radius 3 is 2.83 bits per heavy atom. The first-order valence-corrected chi connectivity index (χ1v) is 3.70. The molecule has 0 radical (unpaired) electrons. The monoisotopic (exact) mass is 166 g/mol. The van der Waals surface area contributed by atoms with Crippen molar-refractivity contribution >= 4 is 11.7 Å². The molecule has 0 saturated heterocycles. The standard InChI is InChI=1S/C8H11N3O/c1-7(12)10-8-5-3-4-6-11(8)9-2/h3-6,9H,1-2H3/p+1. The van der Waals surface area contributed by atoms with Gasteiger partial charge in [0.1, 0.15) is 6.20 Å². The summed E-state index contributed by atoms with van der Waals surface area (Å²) < 4.78 is 1.72. The number of aromatic nitrogens is 1. The van der Waals surface area contributed by atoms with Crippen LogP contribution in [0.25, 0.3) is 0 Å². The third kappa shape index (κ3) is 1.95. The SMILES string of the molecule is CN[n+]1ccccc1NC(C)=O. The molecule has 0 aliphatic carbocycles. The summed E-state index contributed by atoms with van der Waals surface area (Å²) in [6.07, 6.45) is 1.82. The zero-order valence-electron chi connectivity index (χ0n) is 7.16. The smallest absolute Gasteiger partial charge is 0.259 e. The number of amides is 1. The van der Waals surface area contributed by atoms with Crippen LogP contribution in [-0.2, 0) is 4.79 Å². The van der Waals surface area contributed by atoms with Gasteiger partial charge in [-0.05, 0) is 6.07 Å². The molecule has 1 rings (SSSR count). The predicted octanol–water partition coefficient (Wildman–Crippen LogP) is 0.106. The molecule has 0 aliphatic heterocycles. The molecule has 0 fully saturated rings. The molecule has 2 N–H and O–H groups in total. The van der Waals surface area contributed by atoms with Crippen LogP contribution in [0.1, 0.15) is 6.92 Å². The molecule has 1 amide bonds. The van der Waals surface area contributed by atoms with Crippen LogP contribution in [0.3, 0.4) is 0 Å². The van der Waals surface area contributed by atoms with Gasteiger partial charge < -0.3 is 0 Å². The number of nitrogens with zero attached hydrogens (tertiary/aromatic N) is 1. The third-order valence-electron chi connectivity index (χ3n) is 1.40. The Hall–Kier alpha value is -1.58. The Labute approximate surface area is 71.2 Å². The molecule has 64 valence electrons. The highest BCUT2D eigenvalue weighted by Crippen LogP contribution is 1.95. The molecule has 1 aromatic heterocycles. The summed E-state index contributed by atoms with van der Waals surface area (Å²) in [7, 11) is 1.78. The quantitative estimate of drug-likeness (QED) is 0.612. The average molecular weight is 166 g/mol. The average Bonchev–Trinajstić information content (AvgIpc) is 2.04. The molecule has 0 atom stereocenters. The Balaban J connectivity index is 2.89. The third-order valence-corrected chi connectivity index (χ3v) is 1.40. The van der Waals surface area contributed by atoms with Crippen LogP contribution in [0.5, 0.6) is 0 Å². The van der Waals surface area contributed by atoms with E-state index in [1.807, 2.05) is 24.4 Å². The van der Waals surface area contributed by atoms with Gasteiger partial charge in [-0.25, -0.2) is 10.1 Å².